The van der Waals surface area contributed by atoms with Crippen LogP contribution in [0.3, 0.4) is 0 Å². The van der Waals surface area contributed by atoms with Crippen molar-refractivity contribution in [2.75, 3.05) is 0 Å². The largest absolute Gasteiger partial charge is 0.338 e. The second-order valence-corrected chi connectivity index (χ2v) is 16.4. The van der Waals surface area contributed by atoms with Gasteiger partial charge in [0.15, 0.2) is 17.5 Å². The fourth-order valence-electron chi connectivity index (χ4n) is 9.30. The second-order valence-electron chi connectivity index (χ2n) is 16.4. The number of unbranched alkanes of at least 4 members (excludes halogenated alkanes) is 1. The minimum Gasteiger partial charge on any atom is -0.338 e. The summed E-state index contributed by atoms with van der Waals surface area (Å²) in [6, 6.07) is 69.7. The van der Waals surface area contributed by atoms with E-state index in [-0.39, 0.29) is 0 Å². The van der Waals surface area contributed by atoms with Crippen LogP contribution in [0.4, 0.5) is 0 Å². The van der Waals surface area contributed by atoms with Crippen molar-refractivity contribution in [2.45, 2.75) is 39.2 Å². The van der Waals surface area contributed by atoms with Crippen LogP contribution in [0.2, 0.25) is 0 Å². The van der Waals surface area contributed by atoms with E-state index in [9.17, 15) is 0 Å². The van der Waals surface area contributed by atoms with Crippen LogP contribution in [0.15, 0.2) is 194 Å². The van der Waals surface area contributed by atoms with Gasteiger partial charge >= 0.3 is 0 Å². The van der Waals surface area contributed by atoms with Gasteiger partial charge in [-0.25, -0.2) is 15.0 Å². The molecule has 0 saturated heterocycles. The van der Waals surface area contributed by atoms with Gasteiger partial charge in [0.1, 0.15) is 0 Å². The van der Waals surface area contributed by atoms with Gasteiger partial charge in [-0.3, -0.25) is 0 Å². The monoisotopic (exact) mass is 799 g/mol. The molecular weight excluding hydrogens is 755 g/mol. The number of aromatic nitrogens is 5. The minimum atomic E-state index is 0.444. The Morgan fingerprint density at radius 1 is 0.387 bits per heavy atom. The van der Waals surface area contributed by atoms with Crippen LogP contribution >= 0.6 is 0 Å². The Morgan fingerprint density at radius 3 is 1.50 bits per heavy atom. The Kier molecular flexibility index (Phi) is 9.50. The van der Waals surface area contributed by atoms with Crippen molar-refractivity contribution in [1.82, 2.24) is 24.1 Å². The third-order valence-electron chi connectivity index (χ3n) is 12.4. The quantitative estimate of drug-likeness (QED) is 0.138. The molecule has 0 fully saturated rings. The molecule has 11 aromatic rings. The number of benzene rings is 8. The van der Waals surface area contributed by atoms with Crippen LogP contribution < -0.4 is 0 Å². The summed E-state index contributed by atoms with van der Waals surface area (Å²) in [4.78, 5) is 14.9. The Balaban J connectivity index is 0.954. The molecule has 62 heavy (non-hydrogen) atoms. The van der Waals surface area contributed by atoms with Gasteiger partial charge in [-0.2, -0.15) is 0 Å². The molecule has 0 radical (unpaired) electrons. The van der Waals surface area contributed by atoms with Crippen LogP contribution in [0.5, 0.6) is 0 Å². The van der Waals surface area contributed by atoms with E-state index >= 15 is 0 Å². The second kappa shape index (κ2) is 15.8. The number of fused-ring (bicyclic) bond motifs is 6. The minimum absolute atomic E-state index is 0.444. The van der Waals surface area contributed by atoms with Crippen molar-refractivity contribution in [3.05, 3.63) is 194 Å². The first kappa shape index (κ1) is 37.4. The topological polar surface area (TPSA) is 48.5 Å². The van der Waals surface area contributed by atoms with Crippen molar-refractivity contribution in [3.8, 4) is 62.1 Å². The van der Waals surface area contributed by atoms with Crippen molar-refractivity contribution >= 4 is 43.6 Å². The maximum atomic E-state index is 5.00. The van der Waals surface area contributed by atoms with E-state index in [4.69, 9.17) is 15.0 Å². The molecular formula is C57H45N5. The average Bonchev–Trinajstić information content (AvgIpc) is 3.86. The maximum Gasteiger partial charge on any atom is 0.164 e. The van der Waals surface area contributed by atoms with Crippen molar-refractivity contribution < 1.29 is 0 Å². The van der Waals surface area contributed by atoms with Gasteiger partial charge in [0.05, 0.1) is 11.0 Å². The summed E-state index contributed by atoms with van der Waals surface area (Å²) in [7, 11) is 0. The highest BCUT2D eigenvalue weighted by molar-refractivity contribution is 6.11. The van der Waals surface area contributed by atoms with Crippen molar-refractivity contribution in [1.29, 1.82) is 0 Å². The van der Waals surface area contributed by atoms with Gasteiger partial charge in [-0.15, -0.1) is 0 Å². The van der Waals surface area contributed by atoms with Gasteiger partial charge < -0.3 is 9.13 Å². The third-order valence-corrected chi connectivity index (χ3v) is 12.4. The number of para-hydroxylation sites is 2. The lowest BCUT2D eigenvalue weighted by molar-refractivity contribution is 0.509. The standard InChI is InChI=1S/C57H45N5/c1-3-4-16-38(2)61-51-25-13-11-23-47(51)49-36-43(29-33-53(49)61)39-27-31-46(32-28-39)62-52-26-14-12-24-48(52)50-37-44(30-34-54(50)62)42-21-15-22-45(35-42)57-59-55(40-17-7-5-8-18-40)58-56(60-57)41-19-9-6-10-20-41/h5-15,17-38H,3-4,16H2,1-2H3. The van der Waals surface area contributed by atoms with E-state index in [1.165, 1.54) is 74.0 Å². The molecule has 0 aliphatic carbocycles. The molecule has 1 unspecified atom stereocenters. The number of hydrogen-bond acceptors (Lipinski definition) is 3. The first-order valence-corrected chi connectivity index (χ1v) is 21.8. The summed E-state index contributed by atoms with van der Waals surface area (Å²) >= 11 is 0. The molecule has 5 heteroatoms. The third kappa shape index (κ3) is 6.63. The van der Waals surface area contributed by atoms with E-state index < -0.39 is 0 Å². The van der Waals surface area contributed by atoms with Crippen molar-refractivity contribution in [2.24, 2.45) is 0 Å². The number of rotatable bonds is 10. The molecule has 3 aromatic heterocycles. The normalized spacial score (nSPS) is 12.2. The van der Waals surface area contributed by atoms with Gasteiger partial charge in [0.25, 0.3) is 0 Å². The molecule has 3 heterocycles. The average molecular weight is 800 g/mol. The Labute approximate surface area is 361 Å². The first-order chi connectivity index (χ1) is 30.6. The SMILES string of the molecule is CCCCC(C)n1c2ccccc2c2cc(-c3ccc(-n4c5ccccc5c5cc(-c6cccc(-c7nc(-c8ccccc8)nc(-c8ccccc8)n7)c6)ccc54)cc3)ccc21. The zero-order chi connectivity index (χ0) is 41.6. The highest BCUT2D eigenvalue weighted by Crippen LogP contribution is 2.39. The molecule has 0 bridgehead atoms. The zero-order valence-electron chi connectivity index (χ0n) is 34.9. The lowest BCUT2D eigenvalue weighted by Gasteiger charge is -2.16. The van der Waals surface area contributed by atoms with Crippen LogP contribution in [-0.4, -0.2) is 24.1 Å². The van der Waals surface area contributed by atoms with Crippen molar-refractivity contribution in [3.63, 3.8) is 0 Å². The highest BCUT2D eigenvalue weighted by Gasteiger charge is 2.18. The smallest absolute Gasteiger partial charge is 0.164 e. The van der Waals surface area contributed by atoms with Crippen LogP contribution in [-0.2, 0) is 0 Å². The molecule has 0 spiro atoms. The summed E-state index contributed by atoms with van der Waals surface area (Å²) in [5.74, 6) is 1.95. The molecule has 298 valence electrons. The Morgan fingerprint density at radius 2 is 0.839 bits per heavy atom. The van der Waals surface area contributed by atoms with E-state index in [0.717, 1.165) is 33.5 Å². The fourth-order valence-corrected chi connectivity index (χ4v) is 9.30. The van der Waals surface area contributed by atoms with E-state index in [1.807, 2.05) is 60.7 Å². The summed E-state index contributed by atoms with van der Waals surface area (Å²) < 4.78 is 4.94. The first-order valence-electron chi connectivity index (χ1n) is 21.8. The predicted octanol–water partition coefficient (Wildman–Crippen LogP) is 15.2. The lowest BCUT2D eigenvalue weighted by Crippen LogP contribution is -2.04. The summed E-state index contributed by atoms with van der Waals surface area (Å²) in [6.07, 6.45) is 3.62. The highest BCUT2D eigenvalue weighted by atomic mass is 15.0. The van der Waals surface area contributed by atoms with Crippen LogP contribution in [0.1, 0.15) is 39.2 Å². The van der Waals surface area contributed by atoms with E-state index in [2.05, 4.69) is 156 Å². The summed E-state index contributed by atoms with van der Waals surface area (Å²) in [5, 5.41) is 5.06. The molecule has 8 aromatic carbocycles. The molecule has 0 aliphatic rings. The van der Waals surface area contributed by atoms with Crippen LogP contribution in [0.25, 0.3) is 106 Å². The molecule has 0 aliphatic heterocycles. The van der Waals surface area contributed by atoms with E-state index in [1.54, 1.807) is 0 Å². The zero-order valence-corrected chi connectivity index (χ0v) is 34.9. The predicted molar refractivity (Wildman–Crippen MR) is 259 cm³/mol. The van der Waals surface area contributed by atoms with Gasteiger partial charge in [-0.05, 0) is 90.2 Å². The summed E-state index contributed by atoms with van der Waals surface area (Å²) in [6.45, 7) is 4.64. The molecule has 0 saturated carbocycles. The van der Waals surface area contributed by atoms with E-state index in [0.29, 0.717) is 23.5 Å². The van der Waals surface area contributed by atoms with Crippen LogP contribution in [0, 0.1) is 0 Å². The number of hydrogen-bond donors (Lipinski definition) is 0. The Hall–Kier alpha value is -7.63. The molecule has 0 N–H and O–H groups in total. The Bertz CT molecular complexity index is 3340. The van der Waals surface area contributed by atoms with Gasteiger partial charge in [-0.1, -0.05) is 159 Å². The molecule has 5 nitrogen and oxygen atoms in total. The summed E-state index contributed by atoms with van der Waals surface area (Å²) in [5.41, 5.74) is 13.6. The van der Waals surface area contributed by atoms with Gasteiger partial charge in [0, 0.05) is 61.0 Å². The van der Waals surface area contributed by atoms with Gasteiger partial charge in [0.2, 0.25) is 0 Å². The molecule has 0 amide bonds. The molecule has 1 atom stereocenters. The lowest BCUT2D eigenvalue weighted by atomic mass is 10.0. The number of nitrogens with zero attached hydrogens (tertiary/aromatic N) is 5. The molecule has 11 rings (SSSR count). The fraction of sp³-hybridized carbons (Fsp3) is 0.105. The maximum absolute atomic E-state index is 5.00.